The molecule has 1 aliphatic heterocycles. The van der Waals surface area contributed by atoms with Gasteiger partial charge in [0, 0.05) is 30.0 Å². The van der Waals surface area contributed by atoms with Crippen molar-refractivity contribution in [2.75, 3.05) is 26.2 Å². The van der Waals surface area contributed by atoms with Crippen LogP contribution < -0.4 is 41.8 Å². The normalized spacial score (nSPS) is 19.7. The minimum absolute atomic E-state index is 0.0176. The van der Waals surface area contributed by atoms with Crippen molar-refractivity contribution in [2.45, 2.75) is 155 Å². The number of hydrogen-bond acceptors (Lipinski definition) is 13. The number of nitrogens with one attached hydrogen (secondary N) is 6. The molecule has 6 atom stereocenters. The number of amides is 5. The number of hydrogen-bond donors (Lipinski definition) is 8. The summed E-state index contributed by atoms with van der Waals surface area (Å²) in [5.41, 5.74) is 6.54. The Morgan fingerprint density at radius 1 is 0.853 bits per heavy atom. The van der Waals surface area contributed by atoms with E-state index >= 15 is 0 Å². The number of carbonyl (C=O) groups is 7. The van der Waals surface area contributed by atoms with Crippen molar-refractivity contribution in [2.24, 2.45) is 28.5 Å². The second kappa shape index (κ2) is 22.1. The minimum Gasteiger partial charge on any atom is -0.487 e. The van der Waals surface area contributed by atoms with E-state index in [9.17, 15) is 47.1 Å². The lowest BCUT2D eigenvalue weighted by Crippen LogP contribution is -2.56. The molecule has 2 bridgehead atoms. The average molecular weight is 975 g/mol. The van der Waals surface area contributed by atoms with Crippen LogP contribution in [0, 0.1) is 38.5 Å². The quantitative estimate of drug-likeness (QED) is 0.0283. The Morgan fingerprint density at radius 2 is 1.49 bits per heavy atom. The Bertz CT molecular complexity index is 2300. The fourth-order valence-electron chi connectivity index (χ4n) is 8.36. The Morgan fingerprint density at radius 3 is 2.06 bits per heavy atom. The third-order valence-electron chi connectivity index (χ3n) is 11.6. The molecular weight excluding hydrogens is 905 g/mol. The molecule has 3 unspecified atom stereocenters. The summed E-state index contributed by atoms with van der Waals surface area (Å²) in [7, 11) is -4.24. The fraction of sp³-hybridized carbons (Fsp3) is 0.652. The van der Waals surface area contributed by atoms with Gasteiger partial charge in [-0.2, -0.15) is 0 Å². The lowest BCUT2D eigenvalue weighted by atomic mass is 9.93. The number of sulfonamides is 1. The summed E-state index contributed by atoms with van der Waals surface area (Å²) < 4.78 is 46.7. The number of carboxylic acid groups (broad SMARTS) is 1. The molecule has 1 aromatic rings. The van der Waals surface area contributed by atoms with E-state index in [0.29, 0.717) is 35.6 Å². The van der Waals surface area contributed by atoms with Crippen LogP contribution in [0.4, 0.5) is 0 Å². The first-order chi connectivity index (χ1) is 31.4. The summed E-state index contributed by atoms with van der Waals surface area (Å²) in [6, 6.07) is -4.51. The van der Waals surface area contributed by atoms with E-state index in [0.717, 1.165) is 17.5 Å². The molecule has 1 aromatic carbocycles. The molecule has 3 aliphatic rings. The van der Waals surface area contributed by atoms with Crippen LogP contribution in [-0.4, -0.2) is 122 Å². The number of carbonyl (C=O) groups excluding carboxylic acids is 6. The molecule has 0 saturated heterocycles. The van der Waals surface area contributed by atoms with E-state index in [1.54, 1.807) is 55.4 Å². The molecule has 1 heterocycles. The van der Waals surface area contributed by atoms with Gasteiger partial charge in [-0.3, -0.25) is 33.8 Å². The van der Waals surface area contributed by atoms with Crippen molar-refractivity contribution in [1.29, 1.82) is 0 Å². The summed E-state index contributed by atoms with van der Waals surface area (Å²) in [6.07, 6.45) is 5.52. The van der Waals surface area contributed by atoms with Crippen LogP contribution in [-0.2, 0) is 59.5 Å². The van der Waals surface area contributed by atoms with Gasteiger partial charge >= 0.3 is 11.9 Å². The number of ether oxygens (including phenoxy) is 3. The molecule has 9 N–H and O–H groups in total. The number of allylic oxidation sites excluding steroid dienone is 2. The standard InChI is InChI=1S/C46H70N8O13S/c1-24-25(2)38(26(3)37-30(24)20-46(10,11)67-37)68(63,64)54-43(47)48-16-12-13-31(51-34(55)21-49-39(58)29-18-27-14-15-28(29)17-27)40(59)50-22-35(56)52-32(19-36(57)66-45(7,8)9)41(60)53-33(42(61)62)23-65-44(4,5)6/h14-15,27-29,31-33H,12-13,16-23H2,1-11H3,(H,49,58)(H,50,59)(H,51,55)(H,52,56)(H,53,60)(H,61,62)(H3,47,48,54)/t27?,28?,29?,31-,32-,33-/m0/s1. The highest BCUT2D eigenvalue weighted by atomic mass is 32.2. The molecule has 2 aliphatic carbocycles. The predicted octanol–water partition coefficient (Wildman–Crippen LogP) is 1.23. The van der Waals surface area contributed by atoms with Crippen LogP contribution in [0.5, 0.6) is 5.75 Å². The van der Waals surface area contributed by atoms with Crippen LogP contribution in [0.3, 0.4) is 0 Å². The molecule has 21 nitrogen and oxygen atoms in total. The largest absolute Gasteiger partial charge is 0.487 e. The molecule has 68 heavy (non-hydrogen) atoms. The maximum absolute atomic E-state index is 13.7. The van der Waals surface area contributed by atoms with E-state index in [2.05, 4.69) is 42.4 Å². The Kier molecular flexibility index (Phi) is 17.8. The van der Waals surface area contributed by atoms with Crippen LogP contribution in [0.1, 0.15) is 110 Å². The Labute approximate surface area is 398 Å². The van der Waals surface area contributed by atoms with Gasteiger partial charge in [0.05, 0.1) is 36.6 Å². The van der Waals surface area contributed by atoms with Gasteiger partial charge < -0.3 is 51.6 Å². The SMILES string of the molecule is Cc1c(C)c(S(=O)(=O)NC(N)=NCCC[C@H](NC(=O)CNC(=O)C2CC3C=CC2C3)C(=O)NCC(=O)N[C@@H](CC(=O)OC(C)(C)C)C(=O)N[C@@H](COC(C)(C)C)C(=O)O)c(C)c2c1CC(C)(C)O2. The van der Waals surface area contributed by atoms with Crippen molar-refractivity contribution < 1.29 is 61.3 Å². The van der Waals surface area contributed by atoms with E-state index < -0.39 is 113 Å². The first-order valence-electron chi connectivity index (χ1n) is 22.7. The van der Waals surface area contributed by atoms with Gasteiger partial charge in [0.15, 0.2) is 6.04 Å². The minimum atomic E-state index is -4.24. The summed E-state index contributed by atoms with van der Waals surface area (Å²) in [6.45, 7) is 17.1. The number of nitrogens with two attached hydrogens (primary N) is 1. The lowest BCUT2D eigenvalue weighted by Gasteiger charge is -2.26. The third-order valence-corrected chi connectivity index (χ3v) is 13.2. The third kappa shape index (κ3) is 15.6. The van der Waals surface area contributed by atoms with Gasteiger partial charge in [0.2, 0.25) is 35.5 Å². The monoisotopic (exact) mass is 974 g/mol. The number of aliphatic imine (C=N–C) groups is 1. The van der Waals surface area contributed by atoms with Gasteiger partial charge in [-0.05, 0) is 125 Å². The number of rotatable bonds is 21. The summed E-state index contributed by atoms with van der Waals surface area (Å²) in [4.78, 5) is 95.4. The van der Waals surface area contributed by atoms with Crippen molar-refractivity contribution in [3.63, 3.8) is 0 Å². The average Bonchev–Trinajstić information content (AvgIpc) is 3.94. The van der Waals surface area contributed by atoms with Gasteiger partial charge in [-0.15, -0.1) is 0 Å². The zero-order valence-corrected chi connectivity index (χ0v) is 41.8. The molecule has 1 fully saturated rings. The smallest absolute Gasteiger partial charge is 0.328 e. The molecule has 0 aromatic heterocycles. The highest BCUT2D eigenvalue weighted by molar-refractivity contribution is 7.90. The number of aliphatic carboxylic acids is 1. The van der Waals surface area contributed by atoms with Crippen LogP contribution in [0.25, 0.3) is 0 Å². The van der Waals surface area contributed by atoms with E-state index in [1.165, 1.54) is 0 Å². The number of guanidine groups is 1. The number of carboxylic acids is 1. The first-order valence-corrected chi connectivity index (χ1v) is 24.2. The summed E-state index contributed by atoms with van der Waals surface area (Å²) in [5, 5.41) is 22.0. The van der Waals surface area contributed by atoms with Crippen molar-refractivity contribution in [3.05, 3.63) is 34.4 Å². The molecule has 0 spiro atoms. The lowest BCUT2D eigenvalue weighted by molar-refractivity contribution is -0.156. The highest BCUT2D eigenvalue weighted by Gasteiger charge is 2.40. The summed E-state index contributed by atoms with van der Waals surface area (Å²) in [5.74, 6) is -5.95. The summed E-state index contributed by atoms with van der Waals surface area (Å²) >= 11 is 0. The fourth-order valence-corrected chi connectivity index (χ4v) is 9.85. The zero-order chi connectivity index (χ0) is 51.1. The maximum Gasteiger partial charge on any atom is 0.328 e. The number of benzene rings is 1. The molecular formula is C46H70N8O13S. The van der Waals surface area contributed by atoms with Gasteiger partial charge in [-0.1, -0.05) is 12.2 Å². The molecule has 22 heteroatoms. The molecule has 378 valence electrons. The van der Waals surface area contributed by atoms with E-state index in [-0.39, 0.29) is 42.0 Å². The molecule has 4 rings (SSSR count). The van der Waals surface area contributed by atoms with Gasteiger partial charge in [0.1, 0.15) is 29.0 Å². The molecule has 5 amide bonds. The zero-order valence-electron chi connectivity index (χ0n) is 41.0. The Hall–Kier alpha value is -5.77. The topological polar surface area (TPSA) is 312 Å². The maximum atomic E-state index is 13.7. The molecule has 1 saturated carbocycles. The second-order valence-corrected chi connectivity index (χ2v) is 21.9. The van der Waals surface area contributed by atoms with E-state index in [4.69, 9.17) is 19.9 Å². The molecule has 0 radical (unpaired) electrons. The predicted molar refractivity (Wildman–Crippen MR) is 250 cm³/mol. The second-order valence-electron chi connectivity index (χ2n) is 20.2. The van der Waals surface area contributed by atoms with Crippen molar-refractivity contribution in [1.82, 2.24) is 31.3 Å². The highest BCUT2D eigenvalue weighted by Crippen LogP contribution is 2.44. The van der Waals surface area contributed by atoms with Crippen LogP contribution in [0.15, 0.2) is 22.0 Å². The van der Waals surface area contributed by atoms with Crippen molar-refractivity contribution >= 4 is 57.5 Å². The van der Waals surface area contributed by atoms with Crippen LogP contribution in [0.2, 0.25) is 0 Å². The number of fused-ring (bicyclic) bond motifs is 3. The van der Waals surface area contributed by atoms with Crippen LogP contribution >= 0.6 is 0 Å². The van der Waals surface area contributed by atoms with Gasteiger partial charge in [0.25, 0.3) is 10.0 Å². The van der Waals surface area contributed by atoms with Crippen molar-refractivity contribution in [3.8, 4) is 5.75 Å². The number of esters is 1. The van der Waals surface area contributed by atoms with Gasteiger partial charge in [-0.25, -0.2) is 17.9 Å². The first kappa shape index (κ1) is 54.8. The number of nitrogens with zero attached hydrogens (tertiary/aromatic N) is 1. The Balaban J connectivity index is 1.44. The van der Waals surface area contributed by atoms with E-state index in [1.807, 2.05) is 26.8 Å².